The summed E-state index contributed by atoms with van der Waals surface area (Å²) in [6, 6.07) is 1.79. The summed E-state index contributed by atoms with van der Waals surface area (Å²) in [5, 5.41) is 6.09. The highest BCUT2D eigenvalue weighted by atomic mass is 16.5. The molecule has 1 aliphatic rings. The molecular weight excluding hydrogens is 230 g/mol. The van der Waals surface area contributed by atoms with E-state index < -0.39 is 0 Å². The SMILES string of the molecule is Cc1cnccc1NC(=O)COC1CCNCC1. The third kappa shape index (κ3) is 3.78. The number of aromatic nitrogens is 1. The zero-order valence-corrected chi connectivity index (χ0v) is 10.6. The molecule has 1 amide bonds. The number of carbonyl (C=O) groups excluding carboxylic acids is 1. The Labute approximate surface area is 107 Å². The summed E-state index contributed by atoms with van der Waals surface area (Å²) in [5.74, 6) is -0.108. The summed E-state index contributed by atoms with van der Waals surface area (Å²) in [7, 11) is 0. The molecule has 1 aromatic heterocycles. The van der Waals surface area contributed by atoms with E-state index in [0.29, 0.717) is 0 Å². The van der Waals surface area contributed by atoms with Crippen LogP contribution in [-0.4, -0.2) is 36.7 Å². The quantitative estimate of drug-likeness (QED) is 0.838. The summed E-state index contributed by atoms with van der Waals surface area (Å²) in [5.41, 5.74) is 1.75. The van der Waals surface area contributed by atoms with Gasteiger partial charge in [-0.05, 0) is 44.5 Å². The molecule has 5 heteroatoms. The Kier molecular flexibility index (Phi) is 4.66. The number of piperidine rings is 1. The molecule has 18 heavy (non-hydrogen) atoms. The van der Waals surface area contributed by atoms with Gasteiger partial charge in [0.05, 0.1) is 6.10 Å². The molecule has 0 aliphatic carbocycles. The van der Waals surface area contributed by atoms with Crippen molar-refractivity contribution >= 4 is 11.6 Å². The molecule has 0 spiro atoms. The Morgan fingerprint density at radius 2 is 2.33 bits per heavy atom. The molecule has 1 fully saturated rings. The van der Waals surface area contributed by atoms with Crippen molar-refractivity contribution in [2.24, 2.45) is 0 Å². The highest BCUT2D eigenvalue weighted by Crippen LogP contribution is 2.12. The number of aryl methyl sites for hydroxylation is 1. The maximum absolute atomic E-state index is 11.7. The van der Waals surface area contributed by atoms with Crippen molar-refractivity contribution in [2.75, 3.05) is 25.0 Å². The van der Waals surface area contributed by atoms with Crippen molar-refractivity contribution < 1.29 is 9.53 Å². The lowest BCUT2D eigenvalue weighted by Crippen LogP contribution is -2.34. The van der Waals surface area contributed by atoms with Crippen LogP contribution in [0.1, 0.15) is 18.4 Å². The van der Waals surface area contributed by atoms with Crippen LogP contribution in [0.15, 0.2) is 18.5 Å². The third-order valence-corrected chi connectivity index (χ3v) is 3.03. The first-order chi connectivity index (χ1) is 8.75. The molecule has 0 radical (unpaired) electrons. The van der Waals surface area contributed by atoms with Crippen molar-refractivity contribution in [3.8, 4) is 0 Å². The average Bonchev–Trinajstić information content (AvgIpc) is 2.40. The number of rotatable bonds is 4. The zero-order valence-electron chi connectivity index (χ0n) is 10.6. The van der Waals surface area contributed by atoms with Crippen molar-refractivity contribution in [1.82, 2.24) is 10.3 Å². The van der Waals surface area contributed by atoms with E-state index >= 15 is 0 Å². The predicted molar refractivity (Wildman–Crippen MR) is 69.4 cm³/mol. The Bertz CT molecular complexity index is 403. The Balaban J connectivity index is 1.76. The van der Waals surface area contributed by atoms with Crippen LogP contribution >= 0.6 is 0 Å². The van der Waals surface area contributed by atoms with Gasteiger partial charge < -0.3 is 15.4 Å². The highest BCUT2D eigenvalue weighted by Gasteiger charge is 2.15. The number of nitrogens with one attached hydrogen (secondary N) is 2. The molecule has 0 atom stereocenters. The number of carbonyl (C=O) groups is 1. The fraction of sp³-hybridized carbons (Fsp3) is 0.538. The van der Waals surface area contributed by atoms with Crippen LogP contribution in [0.25, 0.3) is 0 Å². The van der Waals surface area contributed by atoms with E-state index in [9.17, 15) is 4.79 Å². The van der Waals surface area contributed by atoms with Gasteiger partial charge in [-0.15, -0.1) is 0 Å². The number of hydrogen-bond donors (Lipinski definition) is 2. The maximum atomic E-state index is 11.7. The van der Waals surface area contributed by atoms with Gasteiger partial charge in [0.15, 0.2) is 0 Å². The Morgan fingerprint density at radius 3 is 3.06 bits per heavy atom. The maximum Gasteiger partial charge on any atom is 0.250 e. The minimum absolute atomic E-state index is 0.108. The fourth-order valence-corrected chi connectivity index (χ4v) is 1.96. The smallest absolute Gasteiger partial charge is 0.250 e. The van der Waals surface area contributed by atoms with Crippen LogP contribution in [0.3, 0.4) is 0 Å². The molecule has 2 heterocycles. The predicted octanol–water partition coefficient (Wildman–Crippen LogP) is 1.10. The first-order valence-corrected chi connectivity index (χ1v) is 6.28. The van der Waals surface area contributed by atoms with E-state index in [1.165, 1.54) is 0 Å². The third-order valence-electron chi connectivity index (χ3n) is 3.03. The summed E-state index contributed by atoms with van der Waals surface area (Å²) < 4.78 is 5.59. The number of nitrogens with zero attached hydrogens (tertiary/aromatic N) is 1. The molecule has 0 bridgehead atoms. The second-order valence-electron chi connectivity index (χ2n) is 4.50. The molecule has 1 aliphatic heterocycles. The molecule has 1 aromatic rings. The van der Waals surface area contributed by atoms with Gasteiger partial charge in [0, 0.05) is 18.1 Å². The summed E-state index contributed by atoms with van der Waals surface area (Å²) in [6.45, 7) is 3.97. The van der Waals surface area contributed by atoms with E-state index in [-0.39, 0.29) is 18.6 Å². The van der Waals surface area contributed by atoms with E-state index in [4.69, 9.17) is 4.74 Å². The largest absolute Gasteiger partial charge is 0.368 e. The summed E-state index contributed by atoms with van der Waals surface area (Å²) in [4.78, 5) is 15.7. The van der Waals surface area contributed by atoms with Crippen molar-refractivity contribution in [3.63, 3.8) is 0 Å². The molecule has 0 aromatic carbocycles. The molecule has 0 unspecified atom stereocenters. The van der Waals surface area contributed by atoms with Crippen molar-refractivity contribution in [3.05, 3.63) is 24.0 Å². The van der Waals surface area contributed by atoms with E-state index in [1.54, 1.807) is 18.5 Å². The van der Waals surface area contributed by atoms with E-state index in [0.717, 1.165) is 37.2 Å². The number of ether oxygens (including phenoxy) is 1. The van der Waals surface area contributed by atoms with E-state index in [1.807, 2.05) is 6.92 Å². The van der Waals surface area contributed by atoms with Crippen LogP contribution in [0.2, 0.25) is 0 Å². The second kappa shape index (κ2) is 6.47. The van der Waals surface area contributed by atoms with Gasteiger partial charge in [0.25, 0.3) is 0 Å². The van der Waals surface area contributed by atoms with Crippen LogP contribution in [0.5, 0.6) is 0 Å². The number of pyridine rings is 1. The second-order valence-corrected chi connectivity index (χ2v) is 4.50. The van der Waals surface area contributed by atoms with Crippen LogP contribution in [-0.2, 0) is 9.53 Å². The van der Waals surface area contributed by atoms with Gasteiger partial charge in [0.1, 0.15) is 6.61 Å². The molecule has 5 nitrogen and oxygen atoms in total. The van der Waals surface area contributed by atoms with Gasteiger partial charge in [-0.3, -0.25) is 9.78 Å². The highest BCUT2D eigenvalue weighted by molar-refractivity contribution is 5.92. The van der Waals surface area contributed by atoms with Gasteiger partial charge >= 0.3 is 0 Å². The topological polar surface area (TPSA) is 63.2 Å². The molecule has 2 rings (SSSR count). The first-order valence-electron chi connectivity index (χ1n) is 6.28. The molecule has 98 valence electrons. The lowest BCUT2D eigenvalue weighted by atomic mass is 10.1. The van der Waals surface area contributed by atoms with Gasteiger partial charge in [-0.1, -0.05) is 0 Å². The normalized spacial score (nSPS) is 16.5. The lowest BCUT2D eigenvalue weighted by Gasteiger charge is -2.22. The minimum atomic E-state index is -0.108. The fourth-order valence-electron chi connectivity index (χ4n) is 1.96. The Hall–Kier alpha value is -1.46. The average molecular weight is 249 g/mol. The number of hydrogen-bond acceptors (Lipinski definition) is 4. The molecule has 2 N–H and O–H groups in total. The Morgan fingerprint density at radius 1 is 1.56 bits per heavy atom. The summed E-state index contributed by atoms with van der Waals surface area (Å²) in [6.07, 6.45) is 5.54. The van der Waals surface area contributed by atoms with Gasteiger partial charge in [-0.2, -0.15) is 0 Å². The minimum Gasteiger partial charge on any atom is -0.368 e. The standard InChI is InChI=1S/C13H19N3O2/c1-10-8-15-7-4-12(10)16-13(17)9-18-11-2-5-14-6-3-11/h4,7-8,11,14H,2-3,5-6,9H2,1H3,(H,15,16,17). The monoisotopic (exact) mass is 249 g/mol. The molecule has 0 saturated carbocycles. The van der Waals surface area contributed by atoms with Crippen LogP contribution in [0.4, 0.5) is 5.69 Å². The summed E-state index contributed by atoms with van der Waals surface area (Å²) >= 11 is 0. The van der Waals surface area contributed by atoms with Crippen LogP contribution < -0.4 is 10.6 Å². The van der Waals surface area contributed by atoms with Gasteiger partial charge in [-0.25, -0.2) is 0 Å². The van der Waals surface area contributed by atoms with Crippen molar-refractivity contribution in [1.29, 1.82) is 0 Å². The van der Waals surface area contributed by atoms with Gasteiger partial charge in [0.2, 0.25) is 5.91 Å². The number of anilines is 1. The van der Waals surface area contributed by atoms with Crippen LogP contribution in [0, 0.1) is 6.92 Å². The zero-order chi connectivity index (χ0) is 12.8. The van der Waals surface area contributed by atoms with Crippen molar-refractivity contribution in [2.45, 2.75) is 25.9 Å². The van der Waals surface area contributed by atoms with E-state index in [2.05, 4.69) is 15.6 Å². The lowest BCUT2D eigenvalue weighted by molar-refractivity contribution is -0.123. The molecule has 1 saturated heterocycles. The first kappa shape index (κ1) is 13.0. The molecular formula is C13H19N3O2. The number of amides is 1.